The van der Waals surface area contributed by atoms with Crippen molar-refractivity contribution in [3.05, 3.63) is 24.3 Å². The topological polar surface area (TPSA) is 87.3 Å². The van der Waals surface area contributed by atoms with Gasteiger partial charge in [-0.2, -0.15) is 0 Å². The molecule has 1 aromatic carbocycles. The maximum Gasteiger partial charge on any atom is 0.241 e. The van der Waals surface area contributed by atoms with Gasteiger partial charge in [-0.05, 0) is 57.5 Å². The second kappa shape index (κ2) is 6.55. The van der Waals surface area contributed by atoms with Gasteiger partial charge in [0.25, 0.3) is 0 Å². The molecule has 6 nitrogen and oxygen atoms in total. The fourth-order valence-electron chi connectivity index (χ4n) is 2.23. The van der Waals surface area contributed by atoms with Crippen LogP contribution in [-0.4, -0.2) is 33.0 Å². The molecule has 0 radical (unpaired) electrons. The Hall–Kier alpha value is -1.44. The Morgan fingerprint density at radius 2 is 1.95 bits per heavy atom. The first kappa shape index (κ1) is 15.9. The lowest BCUT2D eigenvalue weighted by Gasteiger charge is -2.12. The minimum absolute atomic E-state index is 0.0802. The van der Waals surface area contributed by atoms with E-state index in [1.165, 1.54) is 12.1 Å². The van der Waals surface area contributed by atoms with Crippen molar-refractivity contribution < 1.29 is 13.2 Å². The number of hydrogen-bond donors (Lipinski definition) is 3. The molecule has 116 valence electrons. The SMILES string of the molecule is CC(C)NS(=O)(=O)c1ccc(NC(=O)[C@H]2CCCN2)cc1. The van der Waals surface area contributed by atoms with Crippen LogP contribution < -0.4 is 15.4 Å². The summed E-state index contributed by atoms with van der Waals surface area (Å²) < 4.78 is 26.5. The summed E-state index contributed by atoms with van der Waals surface area (Å²) >= 11 is 0. The summed E-state index contributed by atoms with van der Waals surface area (Å²) in [6.45, 7) is 4.39. The van der Waals surface area contributed by atoms with E-state index >= 15 is 0 Å². The highest BCUT2D eigenvalue weighted by molar-refractivity contribution is 7.89. The van der Waals surface area contributed by atoms with Crippen LogP contribution in [-0.2, 0) is 14.8 Å². The number of sulfonamides is 1. The van der Waals surface area contributed by atoms with Crippen molar-refractivity contribution >= 4 is 21.6 Å². The van der Waals surface area contributed by atoms with E-state index in [1.807, 2.05) is 0 Å². The van der Waals surface area contributed by atoms with Gasteiger partial charge in [0, 0.05) is 11.7 Å². The summed E-state index contributed by atoms with van der Waals surface area (Å²) in [5, 5.41) is 5.90. The van der Waals surface area contributed by atoms with Crippen LogP contribution in [0.4, 0.5) is 5.69 Å². The molecule has 0 unspecified atom stereocenters. The van der Waals surface area contributed by atoms with E-state index in [1.54, 1.807) is 26.0 Å². The molecule has 0 bridgehead atoms. The van der Waals surface area contributed by atoms with Crippen LogP contribution in [0.3, 0.4) is 0 Å². The molecule has 0 aromatic heterocycles. The van der Waals surface area contributed by atoms with E-state index < -0.39 is 10.0 Å². The molecule has 3 N–H and O–H groups in total. The Balaban J connectivity index is 2.03. The number of amides is 1. The molecule has 1 atom stereocenters. The van der Waals surface area contributed by atoms with Crippen molar-refractivity contribution in [2.75, 3.05) is 11.9 Å². The summed E-state index contributed by atoms with van der Waals surface area (Å²) in [5.74, 6) is -0.0802. The maximum atomic E-state index is 12.0. The van der Waals surface area contributed by atoms with Crippen molar-refractivity contribution in [2.24, 2.45) is 0 Å². The van der Waals surface area contributed by atoms with Gasteiger partial charge in [0.1, 0.15) is 0 Å². The number of anilines is 1. The van der Waals surface area contributed by atoms with Gasteiger partial charge in [-0.25, -0.2) is 13.1 Å². The molecular weight excluding hydrogens is 290 g/mol. The van der Waals surface area contributed by atoms with Crippen molar-refractivity contribution in [3.63, 3.8) is 0 Å². The summed E-state index contributed by atoms with van der Waals surface area (Å²) in [5.41, 5.74) is 0.595. The van der Waals surface area contributed by atoms with Crippen molar-refractivity contribution in [2.45, 2.75) is 43.7 Å². The molecule has 1 aromatic rings. The molecular formula is C14H21N3O3S. The molecule has 0 saturated carbocycles. The van der Waals surface area contributed by atoms with Crippen molar-refractivity contribution in [1.29, 1.82) is 0 Å². The van der Waals surface area contributed by atoms with Gasteiger partial charge in [-0.3, -0.25) is 4.79 Å². The molecule has 0 aliphatic carbocycles. The van der Waals surface area contributed by atoms with E-state index in [2.05, 4.69) is 15.4 Å². The minimum atomic E-state index is -3.50. The zero-order chi connectivity index (χ0) is 15.5. The predicted octanol–water partition coefficient (Wildman–Crippen LogP) is 1.06. The zero-order valence-electron chi connectivity index (χ0n) is 12.2. The largest absolute Gasteiger partial charge is 0.325 e. The first-order valence-corrected chi connectivity index (χ1v) is 8.53. The van der Waals surface area contributed by atoms with Gasteiger partial charge in [0.05, 0.1) is 10.9 Å². The quantitative estimate of drug-likeness (QED) is 0.759. The maximum absolute atomic E-state index is 12.0. The van der Waals surface area contributed by atoms with Crippen molar-refractivity contribution in [3.8, 4) is 0 Å². The van der Waals surface area contributed by atoms with E-state index in [4.69, 9.17) is 0 Å². The number of hydrogen-bond acceptors (Lipinski definition) is 4. The summed E-state index contributed by atoms with van der Waals surface area (Å²) in [4.78, 5) is 12.1. The first-order valence-electron chi connectivity index (χ1n) is 7.05. The van der Waals surface area contributed by atoms with Crippen LogP contribution in [0.5, 0.6) is 0 Å². The average Bonchev–Trinajstić information content (AvgIpc) is 2.91. The van der Waals surface area contributed by atoms with Crippen LogP contribution in [0.2, 0.25) is 0 Å². The molecule has 1 amide bonds. The van der Waals surface area contributed by atoms with E-state index in [9.17, 15) is 13.2 Å². The third-order valence-electron chi connectivity index (χ3n) is 3.20. The summed E-state index contributed by atoms with van der Waals surface area (Å²) in [6.07, 6.45) is 1.83. The molecule has 1 heterocycles. The standard InChI is InChI=1S/C14H21N3O3S/c1-10(2)17-21(19,20)12-7-5-11(6-8-12)16-14(18)13-4-3-9-15-13/h5-8,10,13,15,17H,3-4,9H2,1-2H3,(H,16,18)/t13-/m1/s1. The monoisotopic (exact) mass is 311 g/mol. The predicted molar refractivity (Wildman–Crippen MR) is 81.6 cm³/mol. The Labute approximate surface area is 125 Å². The number of benzene rings is 1. The lowest BCUT2D eigenvalue weighted by molar-refractivity contribution is -0.117. The highest BCUT2D eigenvalue weighted by Gasteiger charge is 2.22. The Morgan fingerprint density at radius 1 is 1.29 bits per heavy atom. The normalized spacial score (nSPS) is 18.9. The second-order valence-corrected chi connectivity index (χ2v) is 7.15. The Kier molecular flexibility index (Phi) is 4.97. The number of carbonyl (C=O) groups excluding carboxylic acids is 1. The minimum Gasteiger partial charge on any atom is -0.325 e. The molecule has 1 saturated heterocycles. The molecule has 1 fully saturated rings. The Morgan fingerprint density at radius 3 is 2.48 bits per heavy atom. The van der Waals surface area contributed by atoms with E-state index in [0.717, 1.165) is 19.4 Å². The van der Waals surface area contributed by atoms with Crippen LogP contribution in [0.25, 0.3) is 0 Å². The van der Waals surface area contributed by atoms with Gasteiger partial charge >= 0.3 is 0 Å². The number of nitrogens with one attached hydrogen (secondary N) is 3. The third kappa shape index (κ3) is 4.26. The van der Waals surface area contributed by atoms with Crippen LogP contribution >= 0.6 is 0 Å². The van der Waals surface area contributed by atoms with Gasteiger partial charge in [-0.15, -0.1) is 0 Å². The van der Waals surface area contributed by atoms with Gasteiger partial charge in [0.15, 0.2) is 0 Å². The first-order chi connectivity index (χ1) is 9.88. The highest BCUT2D eigenvalue weighted by atomic mass is 32.2. The fourth-order valence-corrected chi connectivity index (χ4v) is 3.48. The molecule has 0 spiro atoms. The van der Waals surface area contributed by atoms with Crippen LogP contribution in [0, 0.1) is 0 Å². The molecule has 7 heteroatoms. The lowest BCUT2D eigenvalue weighted by Crippen LogP contribution is -2.35. The fraction of sp³-hybridized carbons (Fsp3) is 0.500. The van der Waals surface area contributed by atoms with E-state index in [0.29, 0.717) is 5.69 Å². The number of rotatable bonds is 5. The lowest BCUT2D eigenvalue weighted by atomic mass is 10.2. The van der Waals surface area contributed by atoms with Gasteiger partial charge in [-0.1, -0.05) is 0 Å². The van der Waals surface area contributed by atoms with Gasteiger partial charge in [0.2, 0.25) is 15.9 Å². The zero-order valence-corrected chi connectivity index (χ0v) is 13.0. The molecule has 2 rings (SSSR count). The molecule has 21 heavy (non-hydrogen) atoms. The summed E-state index contributed by atoms with van der Waals surface area (Å²) in [7, 11) is -3.50. The summed E-state index contributed by atoms with van der Waals surface area (Å²) in [6, 6.07) is 5.85. The average molecular weight is 311 g/mol. The van der Waals surface area contributed by atoms with Crippen LogP contribution in [0.1, 0.15) is 26.7 Å². The second-order valence-electron chi connectivity index (χ2n) is 5.44. The molecule has 1 aliphatic rings. The molecule has 1 aliphatic heterocycles. The van der Waals surface area contributed by atoms with Crippen LogP contribution in [0.15, 0.2) is 29.2 Å². The van der Waals surface area contributed by atoms with Crippen molar-refractivity contribution in [1.82, 2.24) is 10.0 Å². The smallest absolute Gasteiger partial charge is 0.241 e. The van der Waals surface area contributed by atoms with Gasteiger partial charge < -0.3 is 10.6 Å². The third-order valence-corrected chi connectivity index (χ3v) is 4.87. The Bertz CT molecular complexity index is 590. The number of carbonyl (C=O) groups is 1. The highest BCUT2D eigenvalue weighted by Crippen LogP contribution is 2.15. The van der Waals surface area contributed by atoms with E-state index in [-0.39, 0.29) is 22.9 Å².